The van der Waals surface area contributed by atoms with E-state index >= 15 is 0 Å². The van der Waals surface area contributed by atoms with Crippen LogP contribution in [-0.4, -0.2) is 31.3 Å². The Labute approximate surface area is 109 Å². The van der Waals surface area contributed by atoms with Crippen molar-refractivity contribution in [2.24, 2.45) is 0 Å². The molecule has 0 amide bonds. The van der Waals surface area contributed by atoms with E-state index < -0.39 is 5.97 Å². The highest BCUT2D eigenvalue weighted by Gasteiger charge is 2.29. The summed E-state index contributed by atoms with van der Waals surface area (Å²) < 4.78 is 1.72. The first-order chi connectivity index (χ1) is 9.24. The Morgan fingerprint density at radius 2 is 2.26 bits per heavy atom. The first-order valence-corrected chi connectivity index (χ1v) is 6.04. The van der Waals surface area contributed by atoms with Crippen molar-refractivity contribution >= 4 is 12.0 Å². The molecule has 0 unspecified atom stereocenters. The fraction of sp³-hybridized carbons (Fsp3) is 0.231. The highest BCUT2D eigenvalue weighted by molar-refractivity contribution is 5.85. The van der Waals surface area contributed by atoms with Gasteiger partial charge < -0.3 is 5.11 Å². The highest BCUT2D eigenvalue weighted by Crippen LogP contribution is 2.39. The van der Waals surface area contributed by atoms with E-state index in [4.69, 9.17) is 5.11 Å². The van der Waals surface area contributed by atoms with Gasteiger partial charge in [0.25, 0.3) is 0 Å². The van der Waals surface area contributed by atoms with Crippen molar-refractivity contribution < 1.29 is 9.90 Å². The molecule has 19 heavy (non-hydrogen) atoms. The first kappa shape index (κ1) is 11.6. The number of rotatable bonds is 4. The number of aliphatic carboxylic acids is 1. The molecule has 1 aromatic carbocycles. The van der Waals surface area contributed by atoms with Crippen molar-refractivity contribution in [3.63, 3.8) is 0 Å². The van der Waals surface area contributed by atoms with Crippen molar-refractivity contribution in [2.45, 2.75) is 18.8 Å². The summed E-state index contributed by atoms with van der Waals surface area (Å²) in [5.74, 6) is 0.360. The van der Waals surface area contributed by atoms with E-state index in [-0.39, 0.29) is 0 Å². The molecule has 1 aromatic heterocycles. The van der Waals surface area contributed by atoms with Crippen LogP contribution in [0.25, 0.3) is 11.8 Å². The molecule has 6 nitrogen and oxygen atoms in total. The van der Waals surface area contributed by atoms with E-state index in [1.807, 2.05) is 24.3 Å². The van der Waals surface area contributed by atoms with E-state index in [9.17, 15) is 4.79 Å². The molecule has 6 heteroatoms. The summed E-state index contributed by atoms with van der Waals surface area (Å²) in [4.78, 5) is 10.5. The van der Waals surface area contributed by atoms with Gasteiger partial charge in [-0.2, -0.15) is 4.68 Å². The molecular formula is C13H12N4O2. The zero-order valence-corrected chi connectivity index (χ0v) is 10.1. The second-order valence-electron chi connectivity index (χ2n) is 4.49. The third-order valence-corrected chi connectivity index (χ3v) is 2.97. The maximum atomic E-state index is 10.5. The van der Waals surface area contributed by atoms with Crippen molar-refractivity contribution in [3.8, 4) is 5.69 Å². The summed E-state index contributed by atoms with van der Waals surface area (Å²) in [6.07, 6.45) is 4.91. The maximum absolute atomic E-state index is 10.5. The van der Waals surface area contributed by atoms with Crippen molar-refractivity contribution in [1.29, 1.82) is 0 Å². The molecule has 1 aliphatic rings. The van der Waals surface area contributed by atoms with Crippen LogP contribution in [0.15, 0.2) is 30.3 Å². The molecule has 3 rings (SSSR count). The Morgan fingerprint density at radius 3 is 3.00 bits per heavy atom. The molecule has 96 valence electrons. The number of nitrogens with zero attached hydrogens (tertiary/aromatic N) is 4. The molecule has 1 saturated carbocycles. The predicted molar refractivity (Wildman–Crippen MR) is 67.8 cm³/mol. The van der Waals surface area contributed by atoms with E-state index in [1.165, 1.54) is 0 Å². The van der Waals surface area contributed by atoms with Gasteiger partial charge in [0.1, 0.15) is 0 Å². The average molecular weight is 256 g/mol. The molecule has 1 aliphatic carbocycles. The summed E-state index contributed by atoms with van der Waals surface area (Å²) in [5.41, 5.74) is 1.65. The van der Waals surface area contributed by atoms with Gasteiger partial charge in [0, 0.05) is 12.0 Å². The quantitative estimate of drug-likeness (QED) is 0.841. The Bertz CT molecular complexity index is 644. The van der Waals surface area contributed by atoms with Crippen LogP contribution in [0.1, 0.15) is 30.1 Å². The molecule has 0 radical (unpaired) electrons. The molecule has 1 heterocycles. The van der Waals surface area contributed by atoms with Gasteiger partial charge in [-0.25, -0.2) is 4.79 Å². The van der Waals surface area contributed by atoms with E-state index in [0.29, 0.717) is 5.92 Å². The van der Waals surface area contributed by atoms with Gasteiger partial charge in [0.15, 0.2) is 5.82 Å². The number of tetrazole rings is 1. The summed E-state index contributed by atoms with van der Waals surface area (Å²) in [5, 5.41) is 20.4. The Kier molecular flexibility index (Phi) is 2.83. The van der Waals surface area contributed by atoms with Crippen LogP contribution in [0.4, 0.5) is 0 Å². The summed E-state index contributed by atoms with van der Waals surface area (Å²) in [6, 6.07) is 7.46. The summed E-state index contributed by atoms with van der Waals surface area (Å²) >= 11 is 0. The number of carboxylic acids is 1. The lowest BCUT2D eigenvalue weighted by Gasteiger charge is -2.04. The molecule has 0 spiro atoms. The van der Waals surface area contributed by atoms with Crippen LogP contribution >= 0.6 is 0 Å². The number of carboxylic acid groups (broad SMARTS) is 1. The third-order valence-electron chi connectivity index (χ3n) is 2.97. The van der Waals surface area contributed by atoms with Gasteiger partial charge in [-0.1, -0.05) is 12.1 Å². The predicted octanol–water partition coefficient (Wildman–Crippen LogP) is 1.64. The number of aromatic nitrogens is 4. The van der Waals surface area contributed by atoms with Crippen LogP contribution in [0.3, 0.4) is 0 Å². The third kappa shape index (κ3) is 2.52. The van der Waals surface area contributed by atoms with E-state index in [0.717, 1.165) is 36.0 Å². The molecule has 1 fully saturated rings. The summed E-state index contributed by atoms with van der Waals surface area (Å²) in [7, 11) is 0. The minimum atomic E-state index is -0.966. The minimum Gasteiger partial charge on any atom is -0.478 e. The Balaban J connectivity index is 1.94. The fourth-order valence-electron chi connectivity index (χ4n) is 1.90. The standard InChI is InChI=1S/C13H12N4O2/c18-12(19)7-4-9-2-1-3-11(8-9)17-13(10-5-6-10)14-15-16-17/h1-4,7-8,10H,5-6H2,(H,18,19)/b7-4+. The van der Waals surface area contributed by atoms with Gasteiger partial charge in [-0.05, 0) is 47.0 Å². The minimum absolute atomic E-state index is 0.452. The van der Waals surface area contributed by atoms with Gasteiger partial charge in [-0.15, -0.1) is 5.10 Å². The van der Waals surface area contributed by atoms with Gasteiger partial charge in [0.05, 0.1) is 5.69 Å². The molecule has 0 bridgehead atoms. The largest absolute Gasteiger partial charge is 0.478 e. The number of hydrogen-bond acceptors (Lipinski definition) is 4. The SMILES string of the molecule is O=C(O)/C=C/c1cccc(-n2nnnc2C2CC2)c1. The molecule has 0 saturated heterocycles. The van der Waals surface area contributed by atoms with E-state index in [2.05, 4.69) is 15.5 Å². The molecule has 1 N–H and O–H groups in total. The number of carbonyl (C=O) groups is 1. The van der Waals surface area contributed by atoms with Crippen LogP contribution in [0.2, 0.25) is 0 Å². The lowest BCUT2D eigenvalue weighted by atomic mass is 10.2. The summed E-state index contributed by atoms with van der Waals surface area (Å²) in [6.45, 7) is 0. The second-order valence-corrected chi connectivity index (χ2v) is 4.49. The average Bonchev–Trinajstić information content (AvgIpc) is 3.14. The molecule has 0 atom stereocenters. The van der Waals surface area contributed by atoms with Crippen LogP contribution in [0, 0.1) is 0 Å². The van der Waals surface area contributed by atoms with E-state index in [1.54, 1.807) is 10.8 Å². The van der Waals surface area contributed by atoms with Gasteiger partial charge >= 0.3 is 5.97 Å². The zero-order valence-electron chi connectivity index (χ0n) is 10.1. The lowest BCUT2D eigenvalue weighted by molar-refractivity contribution is -0.131. The van der Waals surface area contributed by atoms with Gasteiger partial charge in [0.2, 0.25) is 0 Å². The molecule has 0 aliphatic heterocycles. The number of hydrogen-bond donors (Lipinski definition) is 1. The van der Waals surface area contributed by atoms with Gasteiger partial charge in [-0.3, -0.25) is 0 Å². The smallest absolute Gasteiger partial charge is 0.328 e. The number of benzene rings is 1. The monoisotopic (exact) mass is 256 g/mol. The van der Waals surface area contributed by atoms with Crippen molar-refractivity contribution in [1.82, 2.24) is 20.2 Å². The van der Waals surface area contributed by atoms with Crippen LogP contribution < -0.4 is 0 Å². The first-order valence-electron chi connectivity index (χ1n) is 6.04. The van der Waals surface area contributed by atoms with Crippen LogP contribution in [-0.2, 0) is 4.79 Å². The fourth-order valence-corrected chi connectivity index (χ4v) is 1.90. The van der Waals surface area contributed by atoms with Crippen molar-refractivity contribution in [2.75, 3.05) is 0 Å². The molecular weight excluding hydrogens is 244 g/mol. The van der Waals surface area contributed by atoms with Crippen LogP contribution in [0.5, 0.6) is 0 Å². The lowest BCUT2D eigenvalue weighted by Crippen LogP contribution is -2.02. The Hall–Kier alpha value is -2.50. The zero-order chi connectivity index (χ0) is 13.2. The highest BCUT2D eigenvalue weighted by atomic mass is 16.4. The maximum Gasteiger partial charge on any atom is 0.328 e. The molecule has 2 aromatic rings. The normalized spacial score (nSPS) is 14.9. The Morgan fingerprint density at radius 1 is 1.42 bits per heavy atom. The topological polar surface area (TPSA) is 80.9 Å². The van der Waals surface area contributed by atoms with Crippen molar-refractivity contribution in [3.05, 3.63) is 41.7 Å². The second kappa shape index (κ2) is 4.64.